The van der Waals surface area contributed by atoms with Gasteiger partial charge in [-0.25, -0.2) is 5.43 Å². The molecule has 4 aromatic rings. The Morgan fingerprint density at radius 1 is 0.943 bits per heavy atom. The molecule has 3 aromatic carbocycles. The number of carbonyl (C=O) groups is 1. The number of aromatic nitrogens is 3. The number of benzene rings is 3. The zero-order valence-corrected chi connectivity index (χ0v) is 20.5. The van der Waals surface area contributed by atoms with Crippen LogP contribution in [-0.4, -0.2) is 46.4 Å². The summed E-state index contributed by atoms with van der Waals surface area (Å²) in [4.78, 5) is 12.5. The minimum atomic E-state index is -0.247. The maximum Gasteiger partial charge on any atom is 0.250 e. The molecule has 0 aliphatic rings. The van der Waals surface area contributed by atoms with Gasteiger partial charge in [-0.2, -0.15) is 5.10 Å². The van der Waals surface area contributed by atoms with Gasteiger partial charge in [-0.3, -0.25) is 9.36 Å². The third-order valence-electron chi connectivity index (χ3n) is 5.16. The van der Waals surface area contributed by atoms with E-state index in [-0.39, 0.29) is 11.7 Å². The van der Waals surface area contributed by atoms with E-state index < -0.39 is 0 Å². The molecule has 8 nitrogen and oxygen atoms in total. The molecule has 4 rings (SSSR count). The summed E-state index contributed by atoms with van der Waals surface area (Å²) >= 11 is 1.29. The topological polar surface area (TPSA) is 90.6 Å². The molecule has 1 heterocycles. The molecule has 178 valence electrons. The molecule has 0 saturated heterocycles. The molecule has 0 spiro atoms. The van der Waals surface area contributed by atoms with Crippen molar-refractivity contribution in [1.29, 1.82) is 0 Å². The lowest BCUT2D eigenvalue weighted by atomic mass is 10.1. The van der Waals surface area contributed by atoms with Crippen molar-refractivity contribution < 1.29 is 14.3 Å². The zero-order valence-electron chi connectivity index (χ0n) is 19.6. The fraction of sp³-hybridized carbons (Fsp3) is 0.154. The van der Waals surface area contributed by atoms with Crippen LogP contribution in [0.1, 0.15) is 12.5 Å². The van der Waals surface area contributed by atoms with E-state index in [1.54, 1.807) is 14.2 Å². The lowest BCUT2D eigenvalue weighted by molar-refractivity contribution is -0.118. The molecule has 1 aromatic heterocycles. The number of carbonyl (C=O) groups excluding carboxylic acids is 1. The normalized spacial score (nSPS) is 11.2. The standard InChI is InChI=1S/C26H25N5O3S/c1-18(20-10-7-11-23(16-20)34-3)27-28-24(32)17-35-26-30-29-25(19-8-5-4-6-9-19)31(26)21-12-14-22(33-2)15-13-21/h4-16H,17H2,1-3H3,(H,28,32)/b27-18-. The van der Waals surface area contributed by atoms with E-state index in [9.17, 15) is 4.79 Å². The Hall–Kier alpha value is -4.11. The molecule has 0 saturated carbocycles. The number of thioether (sulfide) groups is 1. The molecule has 35 heavy (non-hydrogen) atoms. The van der Waals surface area contributed by atoms with Crippen LogP contribution in [0.15, 0.2) is 89.1 Å². The molecule has 0 bridgehead atoms. The second kappa shape index (κ2) is 11.3. The molecule has 0 radical (unpaired) electrons. The fourth-order valence-electron chi connectivity index (χ4n) is 3.32. The molecule has 0 aliphatic carbocycles. The first-order valence-corrected chi connectivity index (χ1v) is 11.8. The van der Waals surface area contributed by atoms with Crippen molar-refractivity contribution in [3.8, 4) is 28.6 Å². The summed E-state index contributed by atoms with van der Waals surface area (Å²) in [5.41, 5.74) is 5.94. The van der Waals surface area contributed by atoms with Crippen LogP contribution in [-0.2, 0) is 4.79 Å². The molecule has 0 aliphatic heterocycles. The van der Waals surface area contributed by atoms with Gasteiger partial charge in [0.1, 0.15) is 11.5 Å². The Bertz CT molecular complexity index is 1320. The monoisotopic (exact) mass is 487 g/mol. The number of methoxy groups -OCH3 is 2. The van der Waals surface area contributed by atoms with E-state index in [4.69, 9.17) is 9.47 Å². The molecule has 0 atom stereocenters. The maximum absolute atomic E-state index is 12.5. The van der Waals surface area contributed by atoms with Gasteiger partial charge >= 0.3 is 0 Å². The highest BCUT2D eigenvalue weighted by molar-refractivity contribution is 7.99. The van der Waals surface area contributed by atoms with Gasteiger partial charge < -0.3 is 9.47 Å². The number of ether oxygens (including phenoxy) is 2. The smallest absolute Gasteiger partial charge is 0.250 e. The highest BCUT2D eigenvalue weighted by Gasteiger charge is 2.17. The van der Waals surface area contributed by atoms with E-state index in [0.29, 0.717) is 16.7 Å². The fourth-order valence-corrected chi connectivity index (χ4v) is 4.07. The second-order valence-corrected chi connectivity index (χ2v) is 8.40. The molecule has 0 fully saturated rings. The number of hydrazone groups is 1. The average molecular weight is 488 g/mol. The lowest BCUT2D eigenvalue weighted by Crippen LogP contribution is -2.21. The van der Waals surface area contributed by atoms with Crippen LogP contribution in [0.3, 0.4) is 0 Å². The number of amides is 1. The summed E-state index contributed by atoms with van der Waals surface area (Å²) in [6, 6.07) is 24.9. The van der Waals surface area contributed by atoms with Crippen LogP contribution in [0.5, 0.6) is 11.5 Å². The second-order valence-electron chi connectivity index (χ2n) is 7.46. The van der Waals surface area contributed by atoms with Crippen LogP contribution >= 0.6 is 11.8 Å². The number of hydrogen-bond acceptors (Lipinski definition) is 7. The first-order valence-electron chi connectivity index (χ1n) is 10.8. The summed E-state index contributed by atoms with van der Waals surface area (Å²) in [6.07, 6.45) is 0. The SMILES string of the molecule is COc1ccc(-n2c(SCC(=O)N/N=C(/C)c3cccc(OC)c3)nnc2-c2ccccc2)cc1. The number of hydrogen-bond donors (Lipinski definition) is 1. The van der Waals surface area contributed by atoms with E-state index in [0.717, 1.165) is 28.3 Å². The first-order chi connectivity index (χ1) is 17.1. The lowest BCUT2D eigenvalue weighted by Gasteiger charge is -2.11. The third-order valence-corrected chi connectivity index (χ3v) is 6.09. The van der Waals surface area contributed by atoms with Gasteiger partial charge in [0, 0.05) is 16.8 Å². The summed E-state index contributed by atoms with van der Waals surface area (Å²) < 4.78 is 12.5. The largest absolute Gasteiger partial charge is 0.497 e. The molecule has 0 unspecified atom stereocenters. The minimum absolute atomic E-state index is 0.123. The summed E-state index contributed by atoms with van der Waals surface area (Å²) in [5.74, 6) is 2.04. The van der Waals surface area contributed by atoms with Gasteiger partial charge in [0.2, 0.25) is 0 Å². The van der Waals surface area contributed by atoms with Gasteiger partial charge in [-0.1, -0.05) is 54.2 Å². The Balaban J connectivity index is 1.51. The number of nitrogens with one attached hydrogen (secondary N) is 1. The van der Waals surface area contributed by atoms with Crippen molar-refractivity contribution in [2.24, 2.45) is 5.10 Å². The van der Waals surface area contributed by atoms with Crippen molar-refractivity contribution in [1.82, 2.24) is 20.2 Å². The van der Waals surface area contributed by atoms with Crippen molar-refractivity contribution in [2.45, 2.75) is 12.1 Å². The number of nitrogens with zero attached hydrogens (tertiary/aromatic N) is 4. The Kier molecular flexibility index (Phi) is 7.79. The Labute approximate surface area is 208 Å². The first kappa shape index (κ1) is 24.0. The van der Waals surface area contributed by atoms with Crippen molar-refractivity contribution >= 4 is 23.4 Å². The predicted molar refractivity (Wildman–Crippen MR) is 137 cm³/mol. The van der Waals surface area contributed by atoms with Crippen LogP contribution in [0.2, 0.25) is 0 Å². The van der Waals surface area contributed by atoms with E-state index in [1.165, 1.54) is 11.8 Å². The van der Waals surface area contributed by atoms with Gasteiger partial charge in [0.05, 0.1) is 25.7 Å². The van der Waals surface area contributed by atoms with Crippen molar-refractivity contribution in [3.05, 3.63) is 84.4 Å². The van der Waals surface area contributed by atoms with Crippen LogP contribution in [0.4, 0.5) is 0 Å². The van der Waals surface area contributed by atoms with Gasteiger partial charge in [-0.05, 0) is 43.3 Å². The maximum atomic E-state index is 12.5. The average Bonchev–Trinajstić information content (AvgIpc) is 3.35. The van der Waals surface area contributed by atoms with E-state index >= 15 is 0 Å². The number of rotatable bonds is 9. The van der Waals surface area contributed by atoms with Gasteiger partial charge in [0.15, 0.2) is 11.0 Å². The zero-order chi connectivity index (χ0) is 24.6. The third kappa shape index (κ3) is 5.88. The summed E-state index contributed by atoms with van der Waals surface area (Å²) in [7, 11) is 3.24. The van der Waals surface area contributed by atoms with Crippen LogP contribution in [0, 0.1) is 0 Å². The highest BCUT2D eigenvalue weighted by Crippen LogP contribution is 2.28. The molecule has 1 N–H and O–H groups in total. The Morgan fingerprint density at radius 2 is 1.69 bits per heavy atom. The predicted octanol–water partition coefficient (Wildman–Crippen LogP) is 4.58. The quantitative estimate of drug-likeness (QED) is 0.211. The molecule has 9 heteroatoms. The van der Waals surface area contributed by atoms with E-state index in [2.05, 4.69) is 20.7 Å². The molecular weight excluding hydrogens is 462 g/mol. The van der Waals surface area contributed by atoms with Crippen LogP contribution in [0.25, 0.3) is 17.1 Å². The van der Waals surface area contributed by atoms with Crippen molar-refractivity contribution in [3.63, 3.8) is 0 Å². The van der Waals surface area contributed by atoms with Crippen LogP contribution < -0.4 is 14.9 Å². The van der Waals surface area contributed by atoms with Gasteiger partial charge in [0.25, 0.3) is 5.91 Å². The van der Waals surface area contributed by atoms with Gasteiger partial charge in [-0.15, -0.1) is 10.2 Å². The van der Waals surface area contributed by atoms with E-state index in [1.807, 2.05) is 90.4 Å². The Morgan fingerprint density at radius 3 is 2.40 bits per heavy atom. The molecular formula is C26H25N5O3S. The summed E-state index contributed by atoms with van der Waals surface area (Å²) in [6.45, 7) is 1.83. The summed E-state index contributed by atoms with van der Waals surface area (Å²) in [5, 5.41) is 13.6. The molecule has 1 amide bonds. The highest BCUT2D eigenvalue weighted by atomic mass is 32.2. The van der Waals surface area contributed by atoms with Crippen molar-refractivity contribution in [2.75, 3.05) is 20.0 Å². The minimum Gasteiger partial charge on any atom is -0.497 e.